The van der Waals surface area contributed by atoms with Gasteiger partial charge in [0.15, 0.2) is 0 Å². The maximum Gasteiger partial charge on any atom is 0.0972 e. The van der Waals surface area contributed by atoms with Crippen molar-refractivity contribution >= 4 is 11.3 Å². The first-order valence-corrected chi connectivity index (χ1v) is 8.10. The van der Waals surface area contributed by atoms with Crippen molar-refractivity contribution in [2.75, 3.05) is 0 Å². The number of nitriles is 1. The van der Waals surface area contributed by atoms with Crippen LogP contribution in [0.15, 0.2) is 17.5 Å². The summed E-state index contributed by atoms with van der Waals surface area (Å²) in [6.45, 7) is 11.1. The summed E-state index contributed by atoms with van der Waals surface area (Å²) in [4.78, 5) is 4.54. The van der Waals surface area contributed by atoms with Crippen LogP contribution in [0.1, 0.15) is 53.7 Å². The van der Waals surface area contributed by atoms with Gasteiger partial charge in [0.1, 0.15) is 0 Å². The molecule has 1 aromatic heterocycles. The summed E-state index contributed by atoms with van der Waals surface area (Å²) in [6, 6.07) is 6.75. The van der Waals surface area contributed by atoms with Crippen LogP contribution in [0.5, 0.6) is 0 Å². The van der Waals surface area contributed by atoms with Crippen LogP contribution < -0.4 is 0 Å². The Balaban J connectivity index is 2.30. The second kappa shape index (κ2) is 5.99. The van der Waals surface area contributed by atoms with Crippen molar-refractivity contribution in [3.8, 4) is 6.07 Å². The molecule has 3 heteroatoms. The van der Waals surface area contributed by atoms with E-state index in [1.807, 2.05) is 5.38 Å². The Hall–Kier alpha value is -1.66. The zero-order valence-corrected chi connectivity index (χ0v) is 14.3. The average Bonchev–Trinajstić information content (AvgIpc) is 2.80. The minimum atomic E-state index is 0.176. The lowest BCUT2D eigenvalue weighted by atomic mass is 9.83. The predicted molar refractivity (Wildman–Crippen MR) is 88.9 cm³/mol. The Morgan fingerprint density at radius 3 is 2.33 bits per heavy atom. The third-order valence-electron chi connectivity index (χ3n) is 3.75. The fourth-order valence-corrected chi connectivity index (χ4v) is 3.25. The minimum absolute atomic E-state index is 0.176. The van der Waals surface area contributed by atoms with E-state index in [2.05, 4.69) is 57.8 Å². The highest BCUT2D eigenvalue weighted by Crippen LogP contribution is 2.28. The van der Waals surface area contributed by atoms with Gasteiger partial charge in [-0.05, 0) is 41.5 Å². The summed E-state index contributed by atoms with van der Waals surface area (Å²) in [5, 5.41) is 11.8. The SMILES string of the molecule is Cc1cc(C(C)(C)C)cc(C)c1Cc1nc(CC#N)cs1. The lowest BCUT2D eigenvalue weighted by Crippen LogP contribution is -2.12. The quantitative estimate of drug-likeness (QED) is 0.822. The van der Waals surface area contributed by atoms with Gasteiger partial charge in [-0.3, -0.25) is 0 Å². The molecule has 0 atom stereocenters. The van der Waals surface area contributed by atoms with E-state index in [9.17, 15) is 0 Å². The molecule has 0 amide bonds. The maximum atomic E-state index is 8.73. The fraction of sp³-hybridized carbons (Fsp3) is 0.444. The molecule has 0 aliphatic carbocycles. The Bertz CT molecular complexity index is 661. The molecule has 21 heavy (non-hydrogen) atoms. The van der Waals surface area contributed by atoms with E-state index in [4.69, 9.17) is 5.26 Å². The second-order valence-corrected chi connectivity index (χ2v) is 7.53. The fourth-order valence-electron chi connectivity index (χ4n) is 2.45. The molecule has 0 unspecified atom stereocenters. The first-order chi connectivity index (χ1) is 9.81. The highest BCUT2D eigenvalue weighted by molar-refractivity contribution is 7.09. The van der Waals surface area contributed by atoms with Crippen LogP contribution >= 0.6 is 11.3 Å². The lowest BCUT2D eigenvalue weighted by Gasteiger charge is -2.22. The molecule has 0 aliphatic heterocycles. The van der Waals surface area contributed by atoms with Crippen molar-refractivity contribution in [1.29, 1.82) is 5.26 Å². The number of rotatable bonds is 3. The van der Waals surface area contributed by atoms with E-state index in [-0.39, 0.29) is 5.41 Å². The molecular weight excluding hydrogens is 276 g/mol. The first kappa shape index (κ1) is 15.7. The van der Waals surface area contributed by atoms with E-state index in [1.54, 1.807) is 11.3 Å². The topological polar surface area (TPSA) is 36.7 Å². The van der Waals surface area contributed by atoms with E-state index in [0.717, 1.165) is 17.1 Å². The van der Waals surface area contributed by atoms with Gasteiger partial charge in [-0.2, -0.15) is 5.26 Å². The number of nitrogens with zero attached hydrogens (tertiary/aromatic N) is 2. The standard InChI is InChI=1S/C18H22N2S/c1-12-8-14(18(3,4)5)9-13(2)16(12)10-17-20-15(6-7-19)11-21-17/h8-9,11H,6,10H2,1-5H3. The molecule has 0 saturated heterocycles. The van der Waals surface area contributed by atoms with Crippen LogP contribution in [0.4, 0.5) is 0 Å². The van der Waals surface area contributed by atoms with Crippen molar-refractivity contribution in [2.24, 2.45) is 0 Å². The number of hydrogen-bond donors (Lipinski definition) is 0. The van der Waals surface area contributed by atoms with Gasteiger partial charge in [0.2, 0.25) is 0 Å². The molecule has 0 fully saturated rings. The van der Waals surface area contributed by atoms with E-state index < -0.39 is 0 Å². The van der Waals surface area contributed by atoms with Crippen LogP contribution in [0.25, 0.3) is 0 Å². The molecule has 2 rings (SSSR count). The molecule has 2 aromatic rings. The Labute approximate surface area is 131 Å². The van der Waals surface area contributed by atoms with Crippen molar-refractivity contribution in [3.05, 3.63) is 50.5 Å². The molecule has 2 nitrogen and oxygen atoms in total. The summed E-state index contributed by atoms with van der Waals surface area (Å²) in [7, 11) is 0. The molecular formula is C18H22N2S. The number of benzene rings is 1. The zero-order chi connectivity index (χ0) is 15.6. The minimum Gasteiger partial charge on any atom is -0.245 e. The largest absolute Gasteiger partial charge is 0.245 e. The van der Waals surface area contributed by atoms with E-state index >= 15 is 0 Å². The Kier molecular flexibility index (Phi) is 4.49. The van der Waals surface area contributed by atoms with Gasteiger partial charge < -0.3 is 0 Å². The Morgan fingerprint density at radius 2 is 1.81 bits per heavy atom. The third-order valence-corrected chi connectivity index (χ3v) is 4.65. The van der Waals surface area contributed by atoms with E-state index in [0.29, 0.717) is 6.42 Å². The summed E-state index contributed by atoms with van der Waals surface area (Å²) in [5.41, 5.74) is 6.47. The van der Waals surface area contributed by atoms with Crippen LogP contribution in [0.3, 0.4) is 0 Å². The van der Waals surface area contributed by atoms with Crippen molar-refractivity contribution < 1.29 is 0 Å². The number of hydrogen-bond acceptors (Lipinski definition) is 3. The second-order valence-electron chi connectivity index (χ2n) is 6.58. The van der Waals surface area contributed by atoms with Crippen LogP contribution in [-0.4, -0.2) is 4.98 Å². The van der Waals surface area contributed by atoms with Gasteiger partial charge in [-0.25, -0.2) is 4.98 Å². The predicted octanol–water partition coefficient (Wildman–Crippen LogP) is 4.71. The van der Waals surface area contributed by atoms with Crippen LogP contribution in [0.2, 0.25) is 0 Å². The highest BCUT2D eigenvalue weighted by Gasteiger charge is 2.17. The van der Waals surface area contributed by atoms with Gasteiger partial charge in [0.25, 0.3) is 0 Å². The summed E-state index contributed by atoms with van der Waals surface area (Å²) < 4.78 is 0. The lowest BCUT2D eigenvalue weighted by molar-refractivity contribution is 0.589. The molecule has 1 heterocycles. The van der Waals surface area contributed by atoms with Gasteiger partial charge in [-0.1, -0.05) is 32.9 Å². The normalized spacial score (nSPS) is 11.4. The maximum absolute atomic E-state index is 8.73. The zero-order valence-electron chi connectivity index (χ0n) is 13.4. The van der Waals surface area contributed by atoms with Gasteiger partial charge >= 0.3 is 0 Å². The molecule has 110 valence electrons. The summed E-state index contributed by atoms with van der Waals surface area (Å²) >= 11 is 1.65. The molecule has 0 spiro atoms. The average molecular weight is 298 g/mol. The molecule has 0 bridgehead atoms. The van der Waals surface area contributed by atoms with Crippen molar-refractivity contribution in [1.82, 2.24) is 4.98 Å². The number of aryl methyl sites for hydroxylation is 2. The number of aromatic nitrogens is 1. The van der Waals surface area contributed by atoms with Gasteiger partial charge in [0.05, 0.1) is 23.2 Å². The van der Waals surface area contributed by atoms with Gasteiger partial charge in [0, 0.05) is 11.8 Å². The molecule has 0 N–H and O–H groups in total. The molecule has 0 radical (unpaired) electrons. The first-order valence-electron chi connectivity index (χ1n) is 7.22. The molecule has 0 aliphatic rings. The monoisotopic (exact) mass is 298 g/mol. The van der Waals surface area contributed by atoms with Crippen LogP contribution in [0, 0.1) is 25.2 Å². The third kappa shape index (κ3) is 3.71. The summed E-state index contributed by atoms with van der Waals surface area (Å²) in [5.74, 6) is 0. The highest BCUT2D eigenvalue weighted by atomic mass is 32.1. The number of thiazole rings is 1. The van der Waals surface area contributed by atoms with Crippen molar-refractivity contribution in [2.45, 2.75) is 52.9 Å². The van der Waals surface area contributed by atoms with Crippen molar-refractivity contribution in [3.63, 3.8) is 0 Å². The van der Waals surface area contributed by atoms with Gasteiger partial charge in [-0.15, -0.1) is 11.3 Å². The smallest absolute Gasteiger partial charge is 0.0972 e. The van der Waals surface area contributed by atoms with E-state index in [1.165, 1.54) is 22.3 Å². The summed E-state index contributed by atoms with van der Waals surface area (Å²) in [6.07, 6.45) is 1.26. The molecule has 1 aromatic carbocycles. The Morgan fingerprint density at radius 1 is 1.19 bits per heavy atom. The van der Waals surface area contributed by atoms with Crippen LogP contribution in [-0.2, 0) is 18.3 Å². The molecule has 0 saturated carbocycles.